The van der Waals surface area contributed by atoms with Crippen LogP contribution in [0.1, 0.15) is 27.9 Å². The van der Waals surface area contributed by atoms with E-state index < -0.39 is 0 Å². The van der Waals surface area contributed by atoms with Gasteiger partial charge in [0.05, 0.1) is 11.2 Å². The number of nitrogens with zero attached hydrogens (tertiary/aromatic N) is 1. The minimum atomic E-state index is 0.139. The topological polar surface area (TPSA) is 38.9 Å². The number of rotatable bonds is 4. The van der Waals surface area contributed by atoms with Crippen LogP contribution in [0.25, 0.3) is 0 Å². The van der Waals surface area contributed by atoms with Crippen molar-refractivity contribution in [2.45, 2.75) is 25.8 Å². The number of aryl methyl sites for hydroxylation is 2. The normalized spacial score (nSPS) is 12.9. The maximum atomic E-state index is 6.13. The van der Waals surface area contributed by atoms with Crippen LogP contribution in [0.4, 0.5) is 0 Å². The Morgan fingerprint density at radius 2 is 2.33 bits per heavy atom. The molecule has 2 aromatic rings. The van der Waals surface area contributed by atoms with Gasteiger partial charge in [0.1, 0.15) is 0 Å². The van der Waals surface area contributed by atoms with E-state index in [0.717, 1.165) is 18.5 Å². The van der Waals surface area contributed by atoms with Crippen LogP contribution in [0.5, 0.6) is 0 Å². The first kappa shape index (κ1) is 10.8. The molecule has 2 heterocycles. The molecule has 2 nitrogen and oxygen atoms in total. The lowest BCUT2D eigenvalue weighted by atomic mass is 10.1. The molecule has 0 aliphatic rings. The molecule has 4 heteroatoms. The number of hydrogen-bond donors (Lipinski definition) is 1. The van der Waals surface area contributed by atoms with Crippen molar-refractivity contribution in [3.63, 3.8) is 0 Å². The zero-order chi connectivity index (χ0) is 10.7. The van der Waals surface area contributed by atoms with E-state index in [2.05, 4.69) is 22.5 Å². The summed E-state index contributed by atoms with van der Waals surface area (Å²) in [5.41, 5.74) is 9.08. The van der Waals surface area contributed by atoms with Crippen LogP contribution in [0.3, 0.4) is 0 Å². The Morgan fingerprint density at radius 3 is 2.93 bits per heavy atom. The van der Waals surface area contributed by atoms with Crippen molar-refractivity contribution in [2.24, 2.45) is 5.73 Å². The van der Waals surface area contributed by atoms with Crippen molar-refractivity contribution >= 4 is 22.7 Å². The zero-order valence-corrected chi connectivity index (χ0v) is 10.3. The quantitative estimate of drug-likeness (QED) is 0.888. The molecule has 0 saturated heterocycles. The standard InChI is InChI=1S/C11H14N2S2/c1-8-11(15-7-13-8)10(12)5-4-9-3-2-6-14-9/h2-3,6-7,10H,4-5,12H2,1H3. The molecule has 0 bridgehead atoms. The molecule has 0 amide bonds. The van der Waals surface area contributed by atoms with Crippen molar-refractivity contribution in [1.82, 2.24) is 4.98 Å². The van der Waals surface area contributed by atoms with Crippen molar-refractivity contribution in [3.8, 4) is 0 Å². The molecule has 0 saturated carbocycles. The second-order valence-corrected chi connectivity index (χ2v) is 5.45. The molecule has 0 spiro atoms. The summed E-state index contributed by atoms with van der Waals surface area (Å²) in [6, 6.07) is 4.39. The van der Waals surface area contributed by atoms with E-state index in [0.29, 0.717) is 0 Å². The Hall–Kier alpha value is -0.710. The Morgan fingerprint density at radius 1 is 1.47 bits per heavy atom. The number of thiazole rings is 1. The van der Waals surface area contributed by atoms with Gasteiger partial charge in [-0.05, 0) is 31.2 Å². The summed E-state index contributed by atoms with van der Waals surface area (Å²) >= 11 is 3.46. The molecule has 0 aliphatic carbocycles. The molecule has 1 unspecified atom stereocenters. The highest BCUT2D eigenvalue weighted by Crippen LogP contribution is 2.24. The van der Waals surface area contributed by atoms with Gasteiger partial charge in [-0.1, -0.05) is 6.07 Å². The summed E-state index contributed by atoms with van der Waals surface area (Å²) in [6.07, 6.45) is 2.07. The molecular formula is C11H14N2S2. The average molecular weight is 238 g/mol. The van der Waals surface area contributed by atoms with Crippen molar-refractivity contribution in [2.75, 3.05) is 0 Å². The van der Waals surface area contributed by atoms with Gasteiger partial charge in [-0.15, -0.1) is 22.7 Å². The molecule has 2 N–H and O–H groups in total. The summed E-state index contributed by atoms with van der Waals surface area (Å²) in [5.74, 6) is 0. The molecule has 0 aromatic carbocycles. The largest absolute Gasteiger partial charge is 0.323 e. The maximum absolute atomic E-state index is 6.13. The van der Waals surface area contributed by atoms with Crippen molar-refractivity contribution in [1.29, 1.82) is 0 Å². The molecule has 0 radical (unpaired) electrons. The number of hydrogen-bond acceptors (Lipinski definition) is 4. The number of thiophene rings is 1. The first-order valence-corrected chi connectivity index (χ1v) is 6.71. The minimum Gasteiger partial charge on any atom is -0.323 e. The Kier molecular flexibility index (Phi) is 3.51. The van der Waals surface area contributed by atoms with E-state index in [9.17, 15) is 0 Å². The van der Waals surface area contributed by atoms with Gasteiger partial charge < -0.3 is 5.73 Å². The summed E-state index contributed by atoms with van der Waals surface area (Å²) in [4.78, 5) is 6.86. The smallest absolute Gasteiger partial charge is 0.0798 e. The van der Waals surface area contributed by atoms with Gasteiger partial charge in [0.25, 0.3) is 0 Å². The first-order chi connectivity index (χ1) is 7.27. The summed E-state index contributed by atoms with van der Waals surface area (Å²) in [6.45, 7) is 2.02. The lowest BCUT2D eigenvalue weighted by molar-refractivity contribution is 0.661. The number of aromatic nitrogens is 1. The highest BCUT2D eigenvalue weighted by atomic mass is 32.1. The monoisotopic (exact) mass is 238 g/mol. The third-order valence-corrected chi connectivity index (χ3v) is 4.40. The van der Waals surface area contributed by atoms with Crippen molar-refractivity contribution in [3.05, 3.63) is 38.5 Å². The molecule has 15 heavy (non-hydrogen) atoms. The van der Waals surface area contributed by atoms with Crippen LogP contribution in [0, 0.1) is 6.92 Å². The summed E-state index contributed by atoms with van der Waals surface area (Å²) in [7, 11) is 0. The van der Waals surface area contributed by atoms with E-state index in [-0.39, 0.29) is 6.04 Å². The first-order valence-electron chi connectivity index (χ1n) is 4.95. The van der Waals surface area contributed by atoms with Crippen LogP contribution in [0.2, 0.25) is 0 Å². The third kappa shape index (κ3) is 2.65. The minimum absolute atomic E-state index is 0.139. The van der Waals surface area contributed by atoms with Gasteiger partial charge in [0, 0.05) is 15.8 Å². The summed E-state index contributed by atoms with van der Waals surface area (Å²) < 4.78 is 0. The van der Waals surface area contributed by atoms with Gasteiger partial charge in [0.15, 0.2) is 0 Å². The molecular weight excluding hydrogens is 224 g/mol. The molecule has 0 fully saturated rings. The van der Waals surface area contributed by atoms with Crippen molar-refractivity contribution < 1.29 is 0 Å². The van der Waals surface area contributed by atoms with Gasteiger partial charge in [-0.2, -0.15) is 0 Å². The fourth-order valence-corrected chi connectivity index (χ4v) is 3.12. The Balaban J connectivity index is 1.93. The van der Waals surface area contributed by atoms with Crippen LogP contribution < -0.4 is 5.73 Å². The highest BCUT2D eigenvalue weighted by Gasteiger charge is 2.11. The SMILES string of the molecule is Cc1ncsc1C(N)CCc1cccs1. The fourth-order valence-electron chi connectivity index (χ4n) is 1.55. The predicted molar refractivity (Wildman–Crippen MR) is 66.4 cm³/mol. The van der Waals surface area contributed by atoms with Crippen LogP contribution in [-0.2, 0) is 6.42 Å². The Labute approximate surface area is 97.8 Å². The summed E-state index contributed by atoms with van der Waals surface area (Å²) in [5, 5.41) is 2.11. The fraction of sp³-hybridized carbons (Fsp3) is 0.364. The van der Waals surface area contributed by atoms with Gasteiger partial charge >= 0.3 is 0 Å². The highest BCUT2D eigenvalue weighted by molar-refractivity contribution is 7.10. The van der Waals surface area contributed by atoms with E-state index in [1.165, 1.54) is 9.75 Å². The van der Waals surface area contributed by atoms with E-state index >= 15 is 0 Å². The van der Waals surface area contributed by atoms with E-state index in [4.69, 9.17) is 5.73 Å². The molecule has 2 rings (SSSR count). The van der Waals surface area contributed by atoms with E-state index in [1.807, 2.05) is 12.4 Å². The molecule has 80 valence electrons. The second-order valence-electron chi connectivity index (χ2n) is 3.53. The molecule has 0 aliphatic heterocycles. The van der Waals surface area contributed by atoms with E-state index in [1.54, 1.807) is 22.7 Å². The zero-order valence-electron chi connectivity index (χ0n) is 8.64. The van der Waals surface area contributed by atoms with Crippen LogP contribution in [-0.4, -0.2) is 4.98 Å². The van der Waals surface area contributed by atoms with Gasteiger partial charge in [-0.3, -0.25) is 0 Å². The third-order valence-electron chi connectivity index (χ3n) is 2.40. The average Bonchev–Trinajstić information content (AvgIpc) is 2.84. The number of nitrogens with two attached hydrogens (primary N) is 1. The maximum Gasteiger partial charge on any atom is 0.0798 e. The lowest BCUT2D eigenvalue weighted by Crippen LogP contribution is -2.10. The molecule has 2 aromatic heterocycles. The van der Waals surface area contributed by atoms with Crippen LogP contribution in [0.15, 0.2) is 23.0 Å². The second kappa shape index (κ2) is 4.88. The van der Waals surface area contributed by atoms with Gasteiger partial charge in [-0.25, -0.2) is 4.98 Å². The molecule has 1 atom stereocenters. The van der Waals surface area contributed by atoms with Crippen LogP contribution >= 0.6 is 22.7 Å². The Bertz CT molecular complexity index is 406. The van der Waals surface area contributed by atoms with Gasteiger partial charge in [0.2, 0.25) is 0 Å². The lowest BCUT2D eigenvalue weighted by Gasteiger charge is -2.08. The predicted octanol–water partition coefficient (Wildman–Crippen LogP) is 3.15.